The number of rotatable bonds is 8. The topological polar surface area (TPSA) is 32.8 Å². The lowest BCUT2D eigenvalue weighted by atomic mass is 9.88. The maximum atomic E-state index is 12.3. The van der Waals surface area contributed by atoms with Crippen molar-refractivity contribution in [2.45, 2.75) is 33.2 Å². The standard InChI is InChI=1S/C25H33ClN2O2/c1-18(2)13-28(19(3)29)16-22-15-27(14-20-8-10-23(26)11-9-20)17-25(22)21-6-5-7-24(12-21)30-4/h5-12,18,22,25H,13-17H2,1-4H3. The second kappa shape index (κ2) is 10.3. The molecule has 1 fully saturated rings. The Morgan fingerprint density at radius 2 is 1.93 bits per heavy atom. The Morgan fingerprint density at radius 1 is 1.20 bits per heavy atom. The summed E-state index contributed by atoms with van der Waals surface area (Å²) in [4.78, 5) is 16.8. The second-order valence-corrected chi connectivity index (χ2v) is 9.22. The number of carbonyl (C=O) groups is 1. The predicted octanol–water partition coefficient (Wildman–Crippen LogP) is 5.07. The fraction of sp³-hybridized carbons (Fsp3) is 0.480. The Morgan fingerprint density at radius 3 is 2.57 bits per heavy atom. The number of nitrogens with zero attached hydrogens (tertiary/aromatic N) is 2. The quantitative estimate of drug-likeness (QED) is 0.588. The van der Waals surface area contributed by atoms with Crippen LogP contribution in [0.3, 0.4) is 0 Å². The molecule has 2 unspecified atom stereocenters. The Bertz CT molecular complexity index is 837. The first-order valence-electron chi connectivity index (χ1n) is 10.7. The van der Waals surface area contributed by atoms with Crippen LogP contribution in [0.15, 0.2) is 48.5 Å². The van der Waals surface area contributed by atoms with Gasteiger partial charge in [0.05, 0.1) is 7.11 Å². The molecule has 1 amide bonds. The van der Waals surface area contributed by atoms with Crippen molar-refractivity contribution in [3.63, 3.8) is 0 Å². The largest absolute Gasteiger partial charge is 0.497 e. The first kappa shape index (κ1) is 22.6. The van der Waals surface area contributed by atoms with Crippen LogP contribution in [0.5, 0.6) is 5.75 Å². The van der Waals surface area contributed by atoms with E-state index >= 15 is 0 Å². The molecule has 5 heteroatoms. The van der Waals surface area contributed by atoms with E-state index in [9.17, 15) is 4.79 Å². The van der Waals surface area contributed by atoms with Gasteiger partial charge in [-0.2, -0.15) is 0 Å². The number of hydrogen-bond donors (Lipinski definition) is 0. The fourth-order valence-corrected chi connectivity index (χ4v) is 4.55. The van der Waals surface area contributed by atoms with Crippen LogP contribution in [-0.4, -0.2) is 49.0 Å². The molecule has 2 aromatic carbocycles. The minimum absolute atomic E-state index is 0.157. The van der Waals surface area contributed by atoms with Crippen molar-refractivity contribution in [3.05, 3.63) is 64.7 Å². The number of likely N-dealkylation sites (tertiary alicyclic amines) is 1. The van der Waals surface area contributed by atoms with Crippen molar-refractivity contribution >= 4 is 17.5 Å². The third kappa shape index (κ3) is 5.99. The third-order valence-corrected chi connectivity index (χ3v) is 6.10. The number of ether oxygens (including phenoxy) is 1. The highest BCUT2D eigenvalue weighted by Crippen LogP contribution is 2.35. The molecule has 162 valence electrons. The van der Waals surface area contributed by atoms with Crippen LogP contribution in [-0.2, 0) is 11.3 Å². The molecule has 0 spiro atoms. The molecule has 2 atom stereocenters. The van der Waals surface area contributed by atoms with Crippen LogP contribution in [0, 0.1) is 11.8 Å². The number of methoxy groups -OCH3 is 1. The number of carbonyl (C=O) groups excluding carboxylic acids is 1. The van der Waals surface area contributed by atoms with Crippen molar-refractivity contribution in [2.75, 3.05) is 33.3 Å². The molecule has 1 aliphatic heterocycles. The van der Waals surface area contributed by atoms with Crippen LogP contribution < -0.4 is 4.74 Å². The molecule has 0 bridgehead atoms. The van der Waals surface area contributed by atoms with Gasteiger partial charge < -0.3 is 9.64 Å². The lowest BCUT2D eigenvalue weighted by molar-refractivity contribution is -0.130. The van der Waals surface area contributed by atoms with Crippen LogP contribution in [0.2, 0.25) is 5.02 Å². The van der Waals surface area contributed by atoms with Gasteiger partial charge in [0.1, 0.15) is 5.75 Å². The molecule has 0 aromatic heterocycles. The van der Waals surface area contributed by atoms with Gasteiger partial charge in [-0.05, 0) is 47.2 Å². The zero-order chi connectivity index (χ0) is 21.7. The molecule has 1 saturated heterocycles. The highest BCUT2D eigenvalue weighted by Gasteiger charge is 2.35. The molecule has 0 aliphatic carbocycles. The van der Waals surface area contributed by atoms with Crippen molar-refractivity contribution in [2.24, 2.45) is 11.8 Å². The van der Waals surface area contributed by atoms with Gasteiger partial charge in [0.2, 0.25) is 5.91 Å². The first-order chi connectivity index (χ1) is 14.4. The van der Waals surface area contributed by atoms with E-state index in [0.29, 0.717) is 17.8 Å². The van der Waals surface area contributed by atoms with Crippen LogP contribution in [0.25, 0.3) is 0 Å². The van der Waals surface area contributed by atoms with Gasteiger partial charge in [0.25, 0.3) is 0 Å². The average Bonchev–Trinajstić information content (AvgIpc) is 3.11. The van der Waals surface area contributed by atoms with Crippen LogP contribution in [0.1, 0.15) is 37.8 Å². The lowest BCUT2D eigenvalue weighted by Gasteiger charge is -2.29. The van der Waals surface area contributed by atoms with E-state index in [-0.39, 0.29) is 5.91 Å². The molecule has 1 heterocycles. The number of halogens is 1. The normalized spacial score (nSPS) is 19.3. The maximum absolute atomic E-state index is 12.3. The fourth-order valence-electron chi connectivity index (χ4n) is 4.43. The van der Waals surface area contributed by atoms with Crippen LogP contribution in [0.4, 0.5) is 0 Å². The molecule has 0 radical (unpaired) electrons. The van der Waals surface area contributed by atoms with Gasteiger partial charge >= 0.3 is 0 Å². The van der Waals surface area contributed by atoms with Gasteiger partial charge in [-0.25, -0.2) is 0 Å². The molecule has 3 rings (SSSR count). The van der Waals surface area contributed by atoms with E-state index in [4.69, 9.17) is 16.3 Å². The molecule has 2 aromatic rings. The summed E-state index contributed by atoms with van der Waals surface area (Å²) >= 11 is 6.05. The van der Waals surface area contributed by atoms with Crippen molar-refractivity contribution in [1.29, 1.82) is 0 Å². The third-order valence-electron chi connectivity index (χ3n) is 5.84. The summed E-state index contributed by atoms with van der Waals surface area (Å²) < 4.78 is 5.46. The average molecular weight is 429 g/mol. The van der Waals surface area contributed by atoms with E-state index < -0.39 is 0 Å². The molecule has 4 nitrogen and oxygen atoms in total. The molecule has 30 heavy (non-hydrogen) atoms. The molecular formula is C25H33ClN2O2. The van der Waals surface area contributed by atoms with Crippen molar-refractivity contribution < 1.29 is 9.53 Å². The van der Waals surface area contributed by atoms with E-state index in [2.05, 4.69) is 49.1 Å². The molecule has 0 N–H and O–H groups in total. The van der Waals surface area contributed by atoms with Gasteiger partial charge in [-0.3, -0.25) is 9.69 Å². The maximum Gasteiger partial charge on any atom is 0.219 e. The molecule has 1 aliphatic rings. The Hall–Kier alpha value is -2.04. The summed E-state index contributed by atoms with van der Waals surface area (Å²) in [6.07, 6.45) is 0. The number of hydrogen-bond acceptors (Lipinski definition) is 3. The summed E-state index contributed by atoms with van der Waals surface area (Å²) in [5.74, 6) is 2.24. The highest BCUT2D eigenvalue weighted by molar-refractivity contribution is 6.30. The number of benzene rings is 2. The first-order valence-corrected chi connectivity index (χ1v) is 11.1. The van der Waals surface area contributed by atoms with Crippen LogP contribution >= 0.6 is 11.6 Å². The summed E-state index contributed by atoms with van der Waals surface area (Å²) in [6, 6.07) is 16.5. The van der Waals surface area contributed by atoms with Crippen molar-refractivity contribution in [3.8, 4) is 5.75 Å². The zero-order valence-corrected chi connectivity index (χ0v) is 19.2. The van der Waals surface area contributed by atoms with E-state index in [1.165, 1.54) is 11.1 Å². The van der Waals surface area contributed by atoms with E-state index in [1.807, 2.05) is 23.1 Å². The smallest absolute Gasteiger partial charge is 0.219 e. The van der Waals surface area contributed by atoms with E-state index in [0.717, 1.165) is 43.5 Å². The zero-order valence-electron chi connectivity index (χ0n) is 18.5. The predicted molar refractivity (Wildman–Crippen MR) is 123 cm³/mol. The number of amides is 1. The summed E-state index contributed by atoms with van der Waals surface area (Å²) in [5.41, 5.74) is 2.54. The molecular weight excluding hydrogens is 396 g/mol. The summed E-state index contributed by atoms with van der Waals surface area (Å²) in [5, 5.41) is 0.762. The Labute approximate surface area is 185 Å². The van der Waals surface area contributed by atoms with Crippen molar-refractivity contribution in [1.82, 2.24) is 9.80 Å². The second-order valence-electron chi connectivity index (χ2n) is 8.78. The molecule has 0 saturated carbocycles. The minimum Gasteiger partial charge on any atom is -0.497 e. The highest BCUT2D eigenvalue weighted by atomic mass is 35.5. The lowest BCUT2D eigenvalue weighted by Crippen LogP contribution is -2.38. The van der Waals surface area contributed by atoms with Gasteiger partial charge in [0.15, 0.2) is 0 Å². The minimum atomic E-state index is 0.157. The summed E-state index contributed by atoms with van der Waals surface area (Å²) in [7, 11) is 1.71. The van der Waals surface area contributed by atoms with Gasteiger partial charge in [-0.15, -0.1) is 0 Å². The Kier molecular flexibility index (Phi) is 7.79. The monoisotopic (exact) mass is 428 g/mol. The van der Waals surface area contributed by atoms with Gasteiger partial charge in [0, 0.05) is 50.6 Å². The van der Waals surface area contributed by atoms with E-state index in [1.54, 1.807) is 14.0 Å². The van der Waals surface area contributed by atoms with Gasteiger partial charge in [-0.1, -0.05) is 49.7 Å². The Balaban J connectivity index is 1.81. The SMILES string of the molecule is COc1cccc(C2CN(Cc3ccc(Cl)cc3)CC2CN(CC(C)C)C(C)=O)c1. The summed E-state index contributed by atoms with van der Waals surface area (Å²) in [6.45, 7) is 10.4.